The van der Waals surface area contributed by atoms with Crippen LogP contribution in [0.25, 0.3) is 0 Å². The van der Waals surface area contributed by atoms with E-state index in [1.54, 1.807) is 0 Å². The Morgan fingerprint density at radius 2 is 2.00 bits per heavy atom. The van der Waals surface area contributed by atoms with Crippen molar-refractivity contribution in [1.29, 1.82) is 0 Å². The van der Waals surface area contributed by atoms with Crippen molar-refractivity contribution >= 4 is 24.1 Å². The number of benzene rings is 1. The van der Waals surface area contributed by atoms with Crippen molar-refractivity contribution in [1.82, 2.24) is 9.55 Å². The summed E-state index contributed by atoms with van der Waals surface area (Å²) in [6, 6.07) is 7.56. The van der Waals surface area contributed by atoms with Crippen LogP contribution in [0, 0.1) is 0 Å². The third-order valence-electron chi connectivity index (χ3n) is 3.72. The second-order valence-electron chi connectivity index (χ2n) is 5.16. The van der Waals surface area contributed by atoms with Crippen LogP contribution in [0.4, 0.5) is 11.5 Å². The molecule has 0 atom stereocenters. The fraction of sp³-hybridized carbons (Fsp3) is 0.333. The maximum absolute atomic E-state index is 11.9. The molecule has 5 nitrogen and oxygen atoms in total. The molecule has 1 aromatic heterocycles. The molecule has 1 heterocycles. The highest BCUT2D eigenvalue weighted by atomic mass is 32.1. The number of anilines is 2. The number of hydrogen-bond acceptors (Lipinski definition) is 4. The number of thiol groups is 1. The summed E-state index contributed by atoms with van der Waals surface area (Å²) in [4.78, 5) is 26.4. The molecule has 1 aromatic carbocycles. The van der Waals surface area contributed by atoms with Crippen molar-refractivity contribution < 1.29 is 0 Å². The summed E-state index contributed by atoms with van der Waals surface area (Å²) in [6.45, 7) is 0.302. The first-order chi connectivity index (χ1) is 10.2. The Labute approximate surface area is 127 Å². The molecule has 6 heteroatoms. The highest BCUT2D eigenvalue weighted by molar-refractivity contribution is 7.80. The zero-order chi connectivity index (χ0) is 14.8. The highest BCUT2D eigenvalue weighted by Crippen LogP contribution is 2.25. The Morgan fingerprint density at radius 1 is 1.19 bits per heavy atom. The molecule has 0 saturated heterocycles. The molecule has 0 aliphatic heterocycles. The largest absolute Gasteiger partial charge is 0.342 e. The van der Waals surface area contributed by atoms with Gasteiger partial charge in [0, 0.05) is 24.1 Å². The molecule has 0 unspecified atom stereocenters. The SMILES string of the molecule is O=c1cc(Nc2ccc3c(c2)CCC3)[nH]c(=O)n1CCS. The summed E-state index contributed by atoms with van der Waals surface area (Å²) in [6.07, 6.45) is 3.41. The van der Waals surface area contributed by atoms with E-state index in [0.717, 1.165) is 23.1 Å². The fourth-order valence-electron chi connectivity index (χ4n) is 2.70. The Balaban J connectivity index is 1.88. The van der Waals surface area contributed by atoms with Gasteiger partial charge in [-0.25, -0.2) is 4.79 Å². The Bertz CT molecular complexity index is 748. The number of nitrogens with one attached hydrogen (secondary N) is 2. The van der Waals surface area contributed by atoms with E-state index in [1.807, 2.05) is 6.07 Å². The van der Waals surface area contributed by atoms with Crippen molar-refractivity contribution in [3.8, 4) is 0 Å². The smallest absolute Gasteiger partial charge is 0.329 e. The zero-order valence-electron chi connectivity index (χ0n) is 11.6. The van der Waals surface area contributed by atoms with Gasteiger partial charge in [-0.3, -0.25) is 14.3 Å². The van der Waals surface area contributed by atoms with Gasteiger partial charge in [0.1, 0.15) is 5.82 Å². The van der Waals surface area contributed by atoms with E-state index in [9.17, 15) is 9.59 Å². The van der Waals surface area contributed by atoms with E-state index < -0.39 is 5.69 Å². The first kappa shape index (κ1) is 14.0. The third-order valence-corrected chi connectivity index (χ3v) is 3.92. The number of hydrogen-bond donors (Lipinski definition) is 3. The van der Waals surface area contributed by atoms with Crippen LogP contribution in [0.15, 0.2) is 33.9 Å². The number of aromatic nitrogens is 2. The monoisotopic (exact) mass is 303 g/mol. The average molecular weight is 303 g/mol. The molecule has 2 N–H and O–H groups in total. The second kappa shape index (κ2) is 5.81. The summed E-state index contributed by atoms with van der Waals surface area (Å²) in [5.41, 5.74) is 2.87. The summed E-state index contributed by atoms with van der Waals surface area (Å²) in [5, 5.41) is 3.10. The van der Waals surface area contributed by atoms with Gasteiger partial charge in [-0.05, 0) is 42.5 Å². The molecular formula is C15H17N3O2S. The van der Waals surface area contributed by atoms with Gasteiger partial charge in [0.15, 0.2) is 0 Å². The Hall–Kier alpha value is -1.95. The molecule has 0 spiro atoms. The molecule has 1 aliphatic carbocycles. The van der Waals surface area contributed by atoms with E-state index in [1.165, 1.54) is 23.6 Å². The summed E-state index contributed by atoms with van der Waals surface area (Å²) >= 11 is 4.04. The van der Waals surface area contributed by atoms with E-state index in [4.69, 9.17) is 0 Å². The quantitative estimate of drug-likeness (QED) is 0.753. The molecule has 110 valence electrons. The van der Waals surface area contributed by atoms with Gasteiger partial charge in [0.25, 0.3) is 5.56 Å². The molecule has 0 bridgehead atoms. The Morgan fingerprint density at radius 3 is 2.76 bits per heavy atom. The first-order valence-corrected chi connectivity index (χ1v) is 7.64. The summed E-state index contributed by atoms with van der Waals surface area (Å²) in [5.74, 6) is 0.860. The van der Waals surface area contributed by atoms with Gasteiger partial charge in [-0.15, -0.1) is 0 Å². The number of aromatic amines is 1. The number of rotatable bonds is 4. The van der Waals surface area contributed by atoms with Crippen molar-refractivity contribution in [3.63, 3.8) is 0 Å². The molecule has 0 radical (unpaired) electrons. The molecule has 2 aromatic rings. The molecule has 3 rings (SSSR count). The van der Waals surface area contributed by atoms with Crippen LogP contribution in [0.1, 0.15) is 17.5 Å². The van der Waals surface area contributed by atoms with Crippen LogP contribution in [0.2, 0.25) is 0 Å². The molecule has 21 heavy (non-hydrogen) atoms. The molecule has 0 fully saturated rings. The van der Waals surface area contributed by atoms with Crippen LogP contribution in [-0.4, -0.2) is 15.3 Å². The van der Waals surface area contributed by atoms with Gasteiger partial charge in [-0.2, -0.15) is 12.6 Å². The maximum Gasteiger partial charge on any atom is 0.329 e. The lowest BCUT2D eigenvalue weighted by Crippen LogP contribution is -2.35. The predicted molar refractivity (Wildman–Crippen MR) is 86.9 cm³/mol. The predicted octanol–water partition coefficient (Wildman–Crippen LogP) is 1.70. The van der Waals surface area contributed by atoms with Gasteiger partial charge in [0.05, 0.1) is 0 Å². The van der Waals surface area contributed by atoms with Crippen molar-refractivity contribution in [2.75, 3.05) is 11.1 Å². The minimum absolute atomic E-state index is 0.302. The van der Waals surface area contributed by atoms with Crippen molar-refractivity contribution in [3.05, 3.63) is 56.2 Å². The van der Waals surface area contributed by atoms with Crippen LogP contribution < -0.4 is 16.6 Å². The molecule has 0 saturated carbocycles. The van der Waals surface area contributed by atoms with Gasteiger partial charge >= 0.3 is 5.69 Å². The fourth-order valence-corrected chi connectivity index (χ4v) is 2.90. The van der Waals surface area contributed by atoms with E-state index >= 15 is 0 Å². The number of fused-ring (bicyclic) bond motifs is 1. The Kier molecular flexibility index (Phi) is 3.88. The molecular weight excluding hydrogens is 286 g/mol. The van der Waals surface area contributed by atoms with Crippen LogP contribution >= 0.6 is 12.6 Å². The lowest BCUT2D eigenvalue weighted by molar-refractivity contribution is 0.682. The molecule has 1 aliphatic rings. The highest BCUT2D eigenvalue weighted by Gasteiger charge is 2.11. The van der Waals surface area contributed by atoms with Crippen LogP contribution in [-0.2, 0) is 19.4 Å². The minimum atomic E-state index is -0.416. The first-order valence-electron chi connectivity index (χ1n) is 7.01. The maximum atomic E-state index is 11.9. The van der Waals surface area contributed by atoms with Gasteiger partial charge in [-0.1, -0.05) is 6.07 Å². The molecule has 0 amide bonds. The van der Waals surface area contributed by atoms with Crippen molar-refractivity contribution in [2.45, 2.75) is 25.8 Å². The average Bonchev–Trinajstić information content (AvgIpc) is 2.90. The van der Waals surface area contributed by atoms with Crippen LogP contribution in [0.3, 0.4) is 0 Å². The second-order valence-corrected chi connectivity index (χ2v) is 5.61. The number of nitrogens with zero attached hydrogens (tertiary/aromatic N) is 1. The number of aryl methyl sites for hydroxylation is 2. The minimum Gasteiger partial charge on any atom is -0.342 e. The number of H-pyrrole nitrogens is 1. The van der Waals surface area contributed by atoms with E-state index in [2.05, 4.69) is 35.1 Å². The van der Waals surface area contributed by atoms with Crippen LogP contribution in [0.5, 0.6) is 0 Å². The topological polar surface area (TPSA) is 66.9 Å². The normalized spacial score (nSPS) is 13.2. The van der Waals surface area contributed by atoms with Gasteiger partial charge in [0.2, 0.25) is 0 Å². The lowest BCUT2D eigenvalue weighted by atomic mass is 10.1. The van der Waals surface area contributed by atoms with E-state index in [-0.39, 0.29) is 5.56 Å². The zero-order valence-corrected chi connectivity index (χ0v) is 12.5. The van der Waals surface area contributed by atoms with Gasteiger partial charge < -0.3 is 5.32 Å². The van der Waals surface area contributed by atoms with Crippen molar-refractivity contribution in [2.24, 2.45) is 0 Å². The summed E-state index contributed by atoms with van der Waals surface area (Å²) in [7, 11) is 0. The summed E-state index contributed by atoms with van der Waals surface area (Å²) < 4.78 is 1.14. The standard InChI is InChI=1S/C15H17N3O2S/c19-14-9-13(17-15(20)18(14)6-7-21)16-12-5-4-10-2-1-3-11(10)8-12/h4-5,8-9,16,21H,1-3,6-7H2,(H,17,20). The third kappa shape index (κ3) is 2.90. The lowest BCUT2D eigenvalue weighted by Gasteiger charge is -2.09. The van der Waals surface area contributed by atoms with E-state index in [0.29, 0.717) is 18.1 Å².